The molecule has 3 aromatic rings. The highest BCUT2D eigenvalue weighted by molar-refractivity contribution is 7.19. The van der Waals surface area contributed by atoms with E-state index >= 15 is 0 Å². The highest BCUT2D eigenvalue weighted by Gasteiger charge is 2.08. The van der Waals surface area contributed by atoms with Crippen LogP contribution in [0.5, 0.6) is 0 Å². The van der Waals surface area contributed by atoms with E-state index in [0.29, 0.717) is 0 Å². The third kappa shape index (κ3) is 2.57. The maximum Gasteiger partial charge on any atom is 0.0348 e. The average Bonchev–Trinajstić information content (AvgIpc) is 2.74. The normalized spacial score (nSPS) is 11.1. The number of benzene rings is 2. The van der Waals surface area contributed by atoms with Gasteiger partial charge in [0, 0.05) is 9.58 Å². The quantitative estimate of drug-likeness (QED) is 0.603. The van der Waals surface area contributed by atoms with Gasteiger partial charge in [-0.05, 0) is 49.3 Å². The van der Waals surface area contributed by atoms with Gasteiger partial charge in [-0.15, -0.1) is 11.3 Å². The zero-order chi connectivity index (χ0) is 13.2. The van der Waals surface area contributed by atoms with Crippen LogP contribution in [0.1, 0.15) is 21.6 Å². The lowest BCUT2D eigenvalue weighted by atomic mass is 10.0. The van der Waals surface area contributed by atoms with Crippen molar-refractivity contribution in [2.75, 3.05) is 0 Å². The SMILES string of the molecule is Cc1ccc(CCc2c(C)sc3ccccc23)cc1. The first-order valence-electron chi connectivity index (χ1n) is 6.76. The third-order valence-corrected chi connectivity index (χ3v) is 4.81. The summed E-state index contributed by atoms with van der Waals surface area (Å²) in [5, 5.41) is 1.44. The van der Waals surface area contributed by atoms with Crippen molar-refractivity contribution in [2.24, 2.45) is 0 Å². The second-order valence-corrected chi connectivity index (χ2v) is 6.37. The Kier molecular flexibility index (Phi) is 3.39. The minimum atomic E-state index is 1.13. The van der Waals surface area contributed by atoms with Crippen LogP contribution in [0, 0.1) is 13.8 Å². The van der Waals surface area contributed by atoms with Crippen LogP contribution in [0.2, 0.25) is 0 Å². The van der Waals surface area contributed by atoms with Crippen molar-refractivity contribution >= 4 is 21.4 Å². The molecule has 0 fully saturated rings. The van der Waals surface area contributed by atoms with E-state index in [2.05, 4.69) is 62.4 Å². The molecule has 0 aliphatic heterocycles. The van der Waals surface area contributed by atoms with Crippen molar-refractivity contribution in [2.45, 2.75) is 26.7 Å². The molecule has 0 aliphatic rings. The van der Waals surface area contributed by atoms with Crippen LogP contribution in [-0.4, -0.2) is 0 Å². The lowest BCUT2D eigenvalue weighted by molar-refractivity contribution is 0.964. The summed E-state index contributed by atoms with van der Waals surface area (Å²) in [6, 6.07) is 17.7. The minimum Gasteiger partial charge on any atom is -0.140 e. The minimum absolute atomic E-state index is 1.13. The van der Waals surface area contributed by atoms with Gasteiger partial charge >= 0.3 is 0 Å². The second-order valence-electron chi connectivity index (χ2n) is 5.12. The summed E-state index contributed by atoms with van der Waals surface area (Å²) in [5.41, 5.74) is 4.29. The molecule has 0 N–H and O–H groups in total. The Hall–Kier alpha value is -1.60. The van der Waals surface area contributed by atoms with Gasteiger partial charge in [-0.1, -0.05) is 48.0 Å². The van der Waals surface area contributed by atoms with E-state index in [1.165, 1.54) is 31.7 Å². The Morgan fingerprint density at radius 2 is 1.58 bits per heavy atom. The predicted octanol–water partition coefficient (Wildman–Crippen LogP) is 5.30. The highest BCUT2D eigenvalue weighted by Crippen LogP contribution is 2.31. The summed E-state index contributed by atoms with van der Waals surface area (Å²) >= 11 is 1.92. The Balaban J connectivity index is 1.85. The molecule has 0 saturated carbocycles. The summed E-state index contributed by atoms with van der Waals surface area (Å²) in [6.07, 6.45) is 2.26. The Labute approximate surface area is 118 Å². The molecule has 0 saturated heterocycles. The van der Waals surface area contributed by atoms with Crippen molar-refractivity contribution in [3.05, 3.63) is 70.1 Å². The van der Waals surface area contributed by atoms with Gasteiger partial charge in [0.15, 0.2) is 0 Å². The van der Waals surface area contributed by atoms with Gasteiger partial charge in [-0.2, -0.15) is 0 Å². The van der Waals surface area contributed by atoms with Crippen LogP contribution < -0.4 is 0 Å². The fourth-order valence-electron chi connectivity index (χ4n) is 2.56. The van der Waals surface area contributed by atoms with Crippen molar-refractivity contribution in [3.63, 3.8) is 0 Å². The largest absolute Gasteiger partial charge is 0.140 e. The molecule has 1 heteroatoms. The average molecular weight is 266 g/mol. The molecule has 0 atom stereocenters. The van der Waals surface area contributed by atoms with Crippen LogP contribution in [0.4, 0.5) is 0 Å². The van der Waals surface area contributed by atoms with E-state index < -0.39 is 0 Å². The van der Waals surface area contributed by atoms with Crippen molar-refractivity contribution in [3.8, 4) is 0 Å². The van der Waals surface area contributed by atoms with Gasteiger partial charge in [-0.3, -0.25) is 0 Å². The van der Waals surface area contributed by atoms with Gasteiger partial charge < -0.3 is 0 Å². The zero-order valence-corrected chi connectivity index (χ0v) is 12.3. The lowest BCUT2D eigenvalue weighted by Crippen LogP contribution is -1.92. The van der Waals surface area contributed by atoms with Crippen molar-refractivity contribution < 1.29 is 0 Å². The van der Waals surface area contributed by atoms with Crippen LogP contribution in [0.15, 0.2) is 48.5 Å². The topological polar surface area (TPSA) is 0 Å². The van der Waals surface area contributed by atoms with Crippen molar-refractivity contribution in [1.29, 1.82) is 0 Å². The molecule has 1 aromatic heterocycles. The first kappa shape index (κ1) is 12.4. The number of rotatable bonds is 3. The van der Waals surface area contributed by atoms with Gasteiger partial charge in [0.1, 0.15) is 0 Å². The zero-order valence-electron chi connectivity index (χ0n) is 11.4. The summed E-state index contributed by atoms with van der Waals surface area (Å²) in [4.78, 5) is 1.47. The molecular weight excluding hydrogens is 248 g/mol. The molecule has 0 spiro atoms. The number of fused-ring (bicyclic) bond motifs is 1. The van der Waals surface area contributed by atoms with E-state index in [-0.39, 0.29) is 0 Å². The monoisotopic (exact) mass is 266 g/mol. The Bertz CT molecular complexity index is 689. The number of thiophene rings is 1. The lowest BCUT2D eigenvalue weighted by Gasteiger charge is -2.03. The van der Waals surface area contributed by atoms with E-state index in [0.717, 1.165) is 12.8 Å². The molecule has 0 bridgehead atoms. The number of hydrogen-bond acceptors (Lipinski definition) is 1. The van der Waals surface area contributed by atoms with Crippen LogP contribution in [-0.2, 0) is 12.8 Å². The first-order chi connectivity index (χ1) is 9.24. The Morgan fingerprint density at radius 1 is 0.842 bits per heavy atom. The van der Waals surface area contributed by atoms with Gasteiger partial charge in [-0.25, -0.2) is 0 Å². The third-order valence-electron chi connectivity index (χ3n) is 3.68. The first-order valence-corrected chi connectivity index (χ1v) is 7.58. The van der Waals surface area contributed by atoms with E-state index in [1.807, 2.05) is 11.3 Å². The van der Waals surface area contributed by atoms with Gasteiger partial charge in [0.25, 0.3) is 0 Å². The Morgan fingerprint density at radius 3 is 2.37 bits per heavy atom. The standard InChI is InChI=1S/C18H18S/c1-13-7-9-15(10-8-13)11-12-16-14(2)19-18-6-4-3-5-17(16)18/h3-10H,11-12H2,1-2H3. The molecule has 19 heavy (non-hydrogen) atoms. The summed E-state index contributed by atoms with van der Waals surface area (Å²) in [6.45, 7) is 4.38. The predicted molar refractivity (Wildman–Crippen MR) is 85.1 cm³/mol. The maximum atomic E-state index is 2.25. The summed E-state index contributed by atoms with van der Waals surface area (Å²) in [7, 11) is 0. The number of aryl methyl sites for hydroxylation is 4. The molecule has 0 aliphatic carbocycles. The second kappa shape index (κ2) is 5.18. The van der Waals surface area contributed by atoms with Gasteiger partial charge in [0.05, 0.1) is 0 Å². The molecule has 0 amide bonds. The molecule has 96 valence electrons. The van der Waals surface area contributed by atoms with Crippen LogP contribution in [0.25, 0.3) is 10.1 Å². The molecule has 1 heterocycles. The number of hydrogen-bond donors (Lipinski definition) is 0. The van der Waals surface area contributed by atoms with Crippen LogP contribution >= 0.6 is 11.3 Å². The highest BCUT2D eigenvalue weighted by atomic mass is 32.1. The van der Waals surface area contributed by atoms with Crippen LogP contribution in [0.3, 0.4) is 0 Å². The smallest absolute Gasteiger partial charge is 0.0348 e. The maximum absolute atomic E-state index is 2.25. The molecule has 0 unspecified atom stereocenters. The van der Waals surface area contributed by atoms with E-state index in [4.69, 9.17) is 0 Å². The summed E-state index contributed by atoms with van der Waals surface area (Å²) < 4.78 is 1.42. The fourth-order valence-corrected chi connectivity index (χ4v) is 3.67. The summed E-state index contributed by atoms with van der Waals surface area (Å²) in [5.74, 6) is 0. The van der Waals surface area contributed by atoms with E-state index in [1.54, 1.807) is 0 Å². The molecule has 0 radical (unpaired) electrons. The fraction of sp³-hybridized carbons (Fsp3) is 0.222. The molecule has 2 aromatic carbocycles. The molecular formula is C18H18S. The molecule has 0 nitrogen and oxygen atoms in total. The van der Waals surface area contributed by atoms with Gasteiger partial charge in [0.2, 0.25) is 0 Å². The van der Waals surface area contributed by atoms with Crippen molar-refractivity contribution in [1.82, 2.24) is 0 Å². The van der Waals surface area contributed by atoms with E-state index in [9.17, 15) is 0 Å². The molecule has 3 rings (SSSR count).